The highest BCUT2D eigenvalue weighted by atomic mass is 35.5. The maximum absolute atomic E-state index is 15.7. The Morgan fingerprint density at radius 1 is 1.10 bits per heavy atom. The summed E-state index contributed by atoms with van der Waals surface area (Å²) in [6.45, 7) is 5.80. The molecule has 0 radical (unpaired) electrons. The number of nitrogens with two attached hydrogens (primary N) is 1. The molecule has 3 aromatic rings. The van der Waals surface area contributed by atoms with E-state index in [2.05, 4.69) is 16.7 Å². The molecule has 42 heavy (non-hydrogen) atoms. The van der Waals surface area contributed by atoms with Gasteiger partial charge in [0.05, 0.1) is 27.6 Å². The normalized spacial score (nSPS) is 21.9. The van der Waals surface area contributed by atoms with Gasteiger partial charge in [0, 0.05) is 22.3 Å². The summed E-state index contributed by atoms with van der Waals surface area (Å²) in [5.74, 6) is -3.61. The lowest BCUT2D eigenvalue weighted by Gasteiger charge is -2.37. The molecule has 1 saturated heterocycles. The van der Waals surface area contributed by atoms with Crippen LogP contribution in [0.3, 0.4) is 0 Å². The van der Waals surface area contributed by atoms with E-state index in [0.29, 0.717) is 6.42 Å². The number of carbonyl (C=O) groups is 2. The van der Waals surface area contributed by atoms with Crippen LogP contribution in [0.15, 0.2) is 54.6 Å². The Labute approximate surface area is 256 Å². The van der Waals surface area contributed by atoms with Gasteiger partial charge in [-0.1, -0.05) is 73.8 Å². The van der Waals surface area contributed by atoms with Crippen molar-refractivity contribution in [3.63, 3.8) is 0 Å². The molecule has 1 aliphatic heterocycles. The molecule has 1 aliphatic rings. The van der Waals surface area contributed by atoms with Gasteiger partial charge in [-0.2, -0.15) is 5.26 Å². The van der Waals surface area contributed by atoms with Crippen LogP contribution in [0.25, 0.3) is 0 Å². The zero-order valence-corrected chi connectivity index (χ0v) is 25.0. The Morgan fingerprint density at radius 2 is 1.81 bits per heavy atom. The highest BCUT2D eigenvalue weighted by Crippen LogP contribution is 2.53. The molecule has 4 rings (SSSR count). The Morgan fingerprint density at radius 3 is 2.40 bits per heavy atom. The van der Waals surface area contributed by atoms with Crippen molar-refractivity contribution in [3.8, 4) is 6.07 Å². The van der Waals surface area contributed by atoms with Crippen LogP contribution >= 0.6 is 34.8 Å². The number of nitrogens with zero attached hydrogens (tertiary/aromatic N) is 1. The number of halogens is 5. The van der Waals surface area contributed by atoms with E-state index in [4.69, 9.17) is 45.3 Å². The van der Waals surface area contributed by atoms with Gasteiger partial charge in [0.1, 0.15) is 17.0 Å². The Balaban J connectivity index is 1.84. The van der Waals surface area contributed by atoms with Crippen LogP contribution in [0.5, 0.6) is 0 Å². The first-order valence-electron chi connectivity index (χ1n) is 12.8. The van der Waals surface area contributed by atoms with Gasteiger partial charge in [-0.3, -0.25) is 15.4 Å². The number of nitriles is 1. The van der Waals surface area contributed by atoms with Crippen LogP contribution in [0.4, 0.5) is 19.3 Å². The maximum Gasteiger partial charge on any atom is 0.413 e. The molecular weight excluding hydrogens is 609 g/mol. The third-order valence-electron chi connectivity index (χ3n) is 7.12. The van der Waals surface area contributed by atoms with Crippen molar-refractivity contribution in [2.24, 2.45) is 11.1 Å². The van der Waals surface area contributed by atoms with Crippen LogP contribution < -0.4 is 16.4 Å². The highest BCUT2D eigenvalue weighted by molar-refractivity contribution is 6.34. The summed E-state index contributed by atoms with van der Waals surface area (Å²) in [4.78, 5) is 24.7. The van der Waals surface area contributed by atoms with E-state index in [9.17, 15) is 14.9 Å². The van der Waals surface area contributed by atoms with E-state index in [0.717, 1.165) is 6.07 Å². The van der Waals surface area contributed by atoms with Crippen LogP contribution in [0, 0.1) is 28.4 Å². The Bertz CT molecular complexity index is 1590. The molecule has 1 fully saturated rings. The van der Waals surface area contributed by atoms with Crippen LogP contribution in [0.1, 0.15) is 54.6 Å². The minimum atomic E-state index is -1.77. The van der Waals surface area contributed by atoms with Crippen LogP contribution in [-0.2, 0) is 10.2 Å². The molecule has 0 saturated carbocycles. The first kappa shape index (κ1) is 31.5. The van der Waals surface area contributed by atoms with Gasteiger partial charge >= 0.3 is 6.09 Å². The fourth-order valence-corrected chi connectivity index (χ4v) is 6.04. The monoisotopic (exact) mass is 634 g/mol. The summed E-state index contributed by atoms with van der Waals surface area (Å²) < 4.78 is 37.1. The van der Waals surface area contributed by atoms with Crippen molar-refractivity contribution >= 4 is 52.5 Å². The van der Waals surface area contributed by atoms with Crippen LogP contribution in [0.2, 0.25) is 15.1 Å². The SMILES string of the molecule is CC(C)(C)C[C@@H]1N[C@H](OC(=O)Nc2ccc(C(N)=O)c(Cl)c2)[C@H](c2cccc(Cl)c2F)[C@@]1(C#N)c1ccc(Cl)cc1F. The number of amides is 2. The van der Waals surface area contributed by atoms with Gasteiger partial charge in [-0.25, -0.2) is 13.6 Å². The van der Waals surface area contributed by atoms with Gasteiger partial charge in [0.2, 0.25) is 5.91 Å². The predicted octanol–water partition coefficient (Wildman–Crippen LogP) is 7.55. The van der Waals surface area contributed by atoms with Gasteiger partial charge < -0.3 is 10.5 Å². The zero-order valence-electron chi connectivity index (χ0n) is 22.8. The molecule has 0 unspecified atom stereocenters. The van der Waals surface area contributed by atoms with Crippen molar-refractivity contribution < 1.29 is 23.1 Å². The quantitative estimate of drug-likeness (QED) is 0.259. The first-order valence-corrected chi connectivity index (χ1v) is 13.9. The van der Waals surface area contributed by atoms with Crippen molar-refractivity contribution in [3.05, 3.63) is 98.0 Å². The summed E-state index contributed by atoms with van der Waals surface area (Å²) >= 11 is 18.3. The molecule has 220 valence electrons. The van der Waals surface area contributed by atoms with Gasteiger partial charge in [-0.15, -0.1) is 0 Å². The van der Waals surface area contributed by atoms with E-state index >= 15 is 8.78 Å². The average Bonchev–Trinajstić information content (AvgIpc) is 3.16. The van der Waals surface area contributed by atoms with Crippen molar-refractivity contribution in [1.82, 2.24) is 5.32 Å². The summed E-state index contributed by atoms with van der Waals surface area (Å²) in [7, 11) is 0. The van der Waals surface area contributed by atoms with Crippen molar-refractivity contribution in [2.45, 2.75) is 50.8 Å². The molecular formula is C30H27Cl3F2N4O3. The van der Waals surface area contributed by atoms with Gasteiger partial charge in [-0.05, 0) is 53.8 Å². The lowest BCUT2D eigenvalue weighted by Crippen LogP contribution is -2.44. The molecule has 4 N–H and O–H groups in total. The summed E-state index contributed by atoms with van der Waals surface area (Å²) in [5.41, 5.74) is 3.27. The minimum Gasteiger partial charge on any atom is -0.429 e. The number of benzene rings is 3. The number of ether oxygens (including phenoxy) is 1. The molecule has 4 atom stereocenters. The fourth-order valence-electron chi connectivity index (χ4n) is 5.43. The summed E-state index contributed by atoms with van der Waals surface area (Å²) in [5, 5.41) is 16.4. The second kappa shape index (κ2) is 12.1. The van der Waals surface area contributed by atoms with Gasteiger partial charge in [0.25, 0.3) is 0 Å². The Kier molecular flexibility index (Phi) is 9.05. The van der Waals surface area contributed by atoms with Crippen molar-refractivity contribution in [1.29, 1.82) is 5.26 Å². The third kappa shape index (κ3) is 6.18. The van der Waals surface area contributed by atoms with E-state index < -0.39 is 52.7 Å². The zero-order chi connectivity index (χ0) is 31.0. The van der Waals surface area contributed by atoms with Crippen LogP contribution in [-0.4, -0.2) is 24.3 Å². The Hall–Kier alpha value is -3.42. The molecule has 0 aromatic heterocycles. The van der Waals surface area contributed by atoms with E-state index in [1.165, 1.54) is 48.5 Å². The number of primary amides is 1. The number of hydrogen-bond acceptors (Lipinski definition) is 5. The number of rotatable bonds is 6. The number of nitrogens with one attached hydrogen (secondary N) is 2. The lowest BCUT2D eigenvalue weighted by atomic mass is 9.63. The number of hydrogen-bond donors (Lipinski definition) is 3. The topological polar surface area (TPSA) is 117 Å². The molecule has 3 aromatic carbocycles. The summed E-state index contributed by atoms with van der Waals surface area (Å²) in [6.07, 6.45) is -1.99. The maximum atomic E-state index is 15.7. The lowest BCUT2D eigenvalue weighted by molar-refractivity contribution is 0.0851. The molecule has 0 aliphatic carbocycles. The second-order valence-electron chi connectivity index (χ2n) is 11.2. The molecule has 2 amide bonds. The van der Waals surface area contributed by atoms with E-state index in [1.54, 1.807) is 0 Å². The van der Waals surface area contributed by atoms with Gasteiger partial charge in [0.15, 0.2) is 6.23 Å². The van der Waals surface area contributed by atoms with E-state index in [-0.39, 0.29) is 37.4 Å². The average molecular weight is 636 g/mol. The smallest absolute Gasteiger partial charge is 0.413 e. The molecule has 7 nitrogen and oxygen atoms in total. The molecule has 12 heteroatoms. The number of anilines is 1. The highest BCUT2D eigenvalue weighted by Gasteiger charge is 2.61. The predicted molar refractivity (Wildman–Crippen MR) is 158 cm³/mol. The largest absolute Gasteiger partial charge is 0.429 e. The van der Waals surface area contributed by atoms with Crippen molar-refractivity contribution in [2.75, 3.05) is 5.32 Å². The fraction of sp³-hybridized carbons (Fsp3) is 0.300. The molecule has 0 spiro atoms. The molecule has 1 heterocycles. The minimum absolute atomic E-state index is 0.00474. The first-order chi connectivity index (χ1) is 19.7. The second-order valence-corrected chi connectivity index (χ2v) is 12.5. The van der Waals surface area contributed by atoms with E-state index in [1.807, 2.05) is 20.8 Å². The molecule has 0 bridgehead atoms. The summed E-state index contributed by atoms with van der Waals surface area (Å²) in [6, 6.07) is 13.7. The standard InChI is InChI=1S/C30H27Cl3F2N4O3/c1-29(2,3)13-23-30(14-36,19-10-7-15(31)11-22(19)34)24(18-5-4-6-20(32)25(18)35)27(39-23)42-28(41)38-16-8-9-17(26(37)40)21(33)12-16/h4-12,23-24,27,39H,13H2,1-3H3,(H2,37,40)(H,38,41)/t23-,24-,27+,30-/m0/s1. The number of carbonyl (C=O) groups excluding carboxylic acids is 2. The third-order valence-corrected chi connectivity index (χ3v) is 7.96.